The number of aromatic nitrogens is 3. The number of amides is 1. The molecule has 1 saturated heterocycles. The number of methoxy groups -OCH3 is 1. The van der Waals surface area contributed by atoms with Crippen molar-refractivity contribution in [2.24, 2.45) is 0 Å². The van der Waals surface area contributed by atoms with E-state index in [2.05, 4.69) is 10.2 Å². The molecule has 1 unspecified atom stereocenters. The molecule has 7 heteroatoms. The van der Waals surface area contributed by atoms with Gasteiger partial charge in [0.25, 0.3) is 0 Å². The zero-order valence-electron chi connectivity index (χ0n) is 12.4. The van der Waals surface area contributed by atoms with E-state index in [4.69, 9.17) is 9.47 Å². The summed E-state index contributed by atoms with van der Waals surface area (Å²) in [6, 6.07) is 7.24. The predicted molar refractivity (Wildman–Crippen MR) is 78.6 cm³/mol. The van der Waals surface area contributed by atoms with Gasteiger partial charge in [0.15, 0.2) is 0 Å². The number of carbonyl (C=O) groups is 1. The summed E-state index contributed by atoms with van der Waals surface area (Å²) in [4.78, 5) is 14.0. The van der Waals surface area contributed by atoms with E-state index in [-0.39, 0.29) is 12.0 Å². The highest BCUT2D eigenvalue weighted by Crippen LogP contribution is 2.17. The van der Waals surface area contributed by atoms with Crippen molar-refractivity contribution >= 4 is 5.91 Å². The topological polar surface area (TPSA) is 69.5 Å². The van der Waals surface area contributed by atoms with Crippen LogP contribution in [0.3, 0.4) is 0 Å². The van der Waals surface area contributed by atoms with E-state index in [1.807, 2.05) is 34.0 Å². The Bertz CT molecular complexity index is 612. The number of hydrogen-bond donors (Lipinski definition) is 0. The quantitative estimate of drug-likeness (QED) is 0.823. The number of likely N-dealkylation sites (tertiary alicyclic amines) is 1. The van der Waals surface area contributed by atoms with Gasteiger partial charge < -0.3 is 18.9 Å². The number of rotatable bonds is 5. The molecule has 0 aliphatic carbocycles. The Morgan fingerprint density at radius 3 is 2.68 bits per heavy atom. The van der Waals surface area contributed by atoms with Crippen LogP contribution >= 0.6 is 0 Å². The minimum atomic E-state index is -0.0451. The molecule has 7 nitrogen and oxygen atoms in total. The molecule has 2 aromatic rings. The summed E-state index contributed by atoms with van der Waals surface area (Å²) >= 11 is 0. The van der Waals surface area contributed by atoms with Crippen LogP contribution in [0.2, 0.25) is 0 Å². The number of carbonyl (C=O) groups excluding carboxylic acids is 1. The highest BCUT2D eigenvalue weighted by molar-refractivity contribution is 5.76. The first-order chi connectivity index (χ1) is 10.7. The maximum absolute atomic E-state index is 12.2. The second-order valence-corrected chi connectivity index (χ2v) is 5.14. The van der Waals surface area contributed by atoms with Crippen LogP contribution in [-0.4, -0.2) is 51.9 Å². The molecule has 0 aromatic carbocycles. The van der Waals surface area contributed by atoms with Crippen molar-refractivity contribution in [1.29, 1.82) is 0 Å². The summed E-state index contributed by atoms with van der Waals surface area (Å²) in [6.45, 7) is 1.64. The first-order valence-electron chi connectivity index (χ1n) is 7.17. The molecule has 22 heavy (non-hydrogen) atoms. The average Bonchev–Trinajstić information content (AvgIpc) is 3.20. The van der Waals surface area contributed by atoms with Crippen molar-refractivity contribution < 1.29 is 14.3 Å². The van der Waals surface area contributed by atoms with Gasteiger partial charge in [0.05, 0.1) is 13.7 Å². The van der Waals surface area contributed by atoms with Crippen molar-refractivity contribution in [1.82, 2.24) is 19.7 Å². The zero-order valence-corrected chi connectivity index (χ0v) is 12.4. The van der Waals surface area contributed by atoms with Gasteiger partial charge in [0.2, 0.25) is 17.7 Å². The van der Waals surface area contributed by atoms with Crippen LogP contribution < -0.4 is 9.47 Å². The normalized spacial score (nSPS) is 17.5. The second-order valence-electron chi connectivity index (χ2n) is 5.14. The average molecular weight is 302 g/mol. The predicted octanol–water partition coefficient (Wildman–Crippen LogP) is 0.967. The van der Waals surface area contributed by atoms with Crippen molar-refractivity contribution in [3.8, 4) is 11.8 Å². The molecule has 0 N–H and O–H groups in total. The molecule has 0 spiro atoms. The Balaban J connectivity index is 1.52. The third kappa shape index (κ3) is 3.36. The Labute approximate surface area is 128 Å². The van der Waals surface area contributed by atoms with Crippen molar-refractivity contribution in [3.63, 3.8) is 0 Å². The van der Waals surface area contributed by atoms with Gasteiger partial charge in [0, 0.05) is 37.5 Å². The molecule has 116 valence electrons. The molecule has 0 bridgehead atoms. The van der Waals surface area contributed by atoms with Crippen molar-refractivity contribution in [2.45, 2.75) is 19.1 Å². The third-order valence-electron chi connectivity index (χ3n) is 3.59. The fourth-order valence-electron chi connectivity index (χ4n) is 2.43. The van der Waals surface area contributed by atoms with Gasteiger partial charge in [-0.15, -0.1) is 10.2 Å². The molecule has 0 radical (unpaired) electrons. The smallest absolute Gasteiger partial charge is 0.242 e. The highest BCUT2D eigenvalue weighted by atomic mass is 16.5. The molecule has 2 aromatic heterocycles. The van der Waals surface area contributed by atoms with Gasteiger partial charge >= 0.3 is 0 Å². The molecule has 3 rings (SSSR count). The standard InChI is InChI=1S/C15H18N4O3/c1-21-13-4-5-14(17-16-13)22-12-6-9-19(10-12)15(20)11-18-7-2-3-8-18/h2-5,7-8,12H,6,9-11H2,1H3. The number of hydrogen-bond acceptors (Lipinski definition) is 5. The Morgan fingerprint density at radius 2 is 2.00 bits per heavy atom. The van der Waals surface area contributed by atoms with E-state index in [0.29, 0.717) is 31.4 Å². The van der Waals surface area contributed by atoms with Gasteiger partial charge in [-0.3, -0.25) is 4.79 Å². The zero-order chi connectivity index (χ0) is 15.4. The maximum atomic E-state index is 12.2. The molecule has 1 aliphatic heterocycles. The van der Waals surface area contributed by atoms with E-state index in [0.717, 1.165) is 6.42 Å². The van der Waals surface area contributed by atoms with Crippen LogP contribution in [0.25, 0.3) is 0 Å². The van der Waals surface area contributed by atoms with E-state index in [9.17, 15) is 4.79 Å². The fourth-order valence-corrected chi connectivity index (χ4v) is 2.43. The van der Waals surface area contributed by atoms with E-state index >= 15 is 0 Å². The van der Waals surface area contributed by atoms with Crippen LogP contribution in [0.5, 0.6) is 11.8 Å². The maximum Gasteiger partial charge on any atom is 0.242 e. The Kier molecular flexibility index (Phi) is 4.22. The third-order valence-corrected chi connectivity index (χ3v) is 3.59. The monoisotopic (exact) mass is 302 g/mol. The molecular formula is C15H18N4O3. The fraction of sp³-hybridized carbons (Fsp3) is 0.400. The Morgan fingerprint density at radius 1 is 1.27 bits per heavy atom. The molecule has 1 aliphatic rings. The minimum absolute atomic E-state index is 0.0451. The molecular weight excluding hydrogens is 284 g/mol. The summed E-state index contributed by atoms with van der Waals surface area (Å²) in [6.07, 6.45) is 4.52. The van der Waals surface area contributed by atoms with E-state index in [1.54, 1.807) is 12.1 Å². The molecule has 3 heterocycles. The van der Waals surface area contributed by atoms with Crippen LogP contribution in [0, 0.1) is 0 Å². The summed E-state index contributed by atoms with van der Waals surface area (Å²) in [5, 5.41) is 7.80. The van der Waals surface area contributed by atoms with Crippen LogP contribution in [0.1, 0.15) is 6.42 Å². The van der Waals surface area contributed by atoms with Gasteiger partial charge in [-0.1, -0.05) is 0 Å². The molecule has 1 amide bonds. The lowest BCUT2D eigenvalue weighted by Gasteiger charge is -2.17. The first kappa shape index (κ1) is 14.4. The summed E-state index contributed by atoms with van der Waals surface area (Å²) < 4.78 is 12.6. The SMILES string of the molecule is COc1ccc(OC2CCN(C(=O)Cn3cccc3)C2)nn1. The lowest BCUT2D eigenvalue weighted by atomic mass is 10.3. The number of ether oxygens (including phenoxy) is 2. The lowest BCUT2D eigenvalue weighted by Crippen LogP contribution is -2.33. The largest absolute Gasteiger partial charge is 0.480 e. The molecule has 1 fully saturated rings. The lowest BCUT2D eigenvalue weighted by molar-refractivity contribution is -0.131. The van der Waals surface area contributed by atoms with E-state index in [1.165, 1.54) is 7.11 Å². The van der Waals surface area contributed by atoms with Crippen LogP contribution in [0.15, 0.2) is 36.7 Å². The summed E-state index contributed by atoms with van der Waals surface area (Å²) in [5.41, 5.74) is 0. The van der Waals surface area contributed by atoms with E-state index < -0.39 is 0 Å². The van der Waals surface area contributed by atoms with Gasteiger partial charge in [-0.2, -0.15) is 0 Å². The summed E-state index contributed by atoms with van der Waals surface area (Å²) in [7, 11) is 1.54. The molecule has 1 atom stereocenters. The van der Waals surface area contributed by atoms with Crippen LogP contribution in [0.4, 0.5) is 0 Å². The van der Waals surface area contributed by atoms with Crippen LogP contribution in [-0.2, 0) is 11.3 Å². The van der Waals surface area contributed by atoms with Gasteiger partial charge in [0.1, 0.15) is 12.6 Å². The Hall–Kier alpha value is -2.57. The van der Waals surface area contributed by atoms with Gasteiger partial charge in [-0.25, -0.2) is 0 Å². The van der Waals surface area contributed by atoms with Crippen molar-refractivity contribution in [3.05, 3.63) is 36.7 Å². The first-order valence-corrected chi connectivity index (χ1v) is 7.17. The molecule has 0 saturated carbocycles. The number of nitrogens with zero attached hydrogens (tertiary/aromatic N) is 4. The highest BCUT2D eigenvalue weighted by Gasteiger charge is 2.27. The van der Waals surface area contributed by atoms with Crippen molar-refractivity contribution in [2.75, 3.05) is 20.2 Å². The minimum Gasteiger partial charge on any atom is -0.480 e. The second kappa shape index (κ2) is 6.46. The van der Waals surface area contributed by atoms with Gasteiger partial charge in [-0.05, 0) is 12.1 Å². The summed E-state index contributed by atoms with van der Waals surface area (Å²) in [5.74, 6) is 0.996.